The second-order valence-corrected chi connectivity index (χ2v) is 6.45. The molecule has 2 aromatic carbocycles. The molecule has 1 fully saturated rings. The summed E-state index contributed by atoms with van der Waals surface area (Å²) in [5, 5.41) is 3.37. The summed E-state index contributed by atoms with van der Waals surface area (Å²) < 4.78 is 5.26. The summed E-state index contributed by atoms with van der Waals surface area (Å²) in [5.74, 6) is 1.01. The number of carbonyl (C=O) groups is 1. The fourth-order valence-electron chi connectivity index (χ4n) is 3.39. The van der Waals surface area contributed by atoms with Crippen LogP contribution >= 0.6 is 0 Å². The molecular weight excluding hydrogens is 312 g/mol. The van der Waals surface area contributed by atoms with Crippen molar-refractivity contribution in [3.63, 3.8) is 0 Å². The molecule has 1 unspecified atom stereocenters. The zero-order chi connectivity index (χ0) is 17.5. The van der Waals surface area contributed by atoms with E-state index in [0.717, 1.165) is 30.9 Å². The Bertz CT molecular complexity index is 664. The minimum Gasteiger partial charge on any atom is -0.497 e. The van der Waals surface area contributed by atoms with E-state index in [9.17, 15) is 4.79 Å². The van der Waals surface area contributed by atoms with Crippen molar-refractivity contribution in [3.8, 4) is 5.75 Å². The van der Waals surface area contributed by atoms with Crippen LogP contribution in [-0.2, 0) is 0 Å². The van der Waals surface area contributed by atoms with E-state index in [0.29, 0.717) is 6.54 Å². The van der Waals surface area contributed by atoms with Crippen LogP contribution in [0.1, 0.15) is 34.8 Å². The lowest BCUT2D eigenvalue weighted by Crippen LogP contribution is -2.36. The maximum atomic E-state index is 12.3. The summed E-state index contributed by atoms with van der Waals surface area (Å²) in [4.78, 5) is 14.8. The minimum absolute atomic E-state index is 0.135. The molecule has 3 rings (SSSR count). The molecule has 2 aromatic rings. The number of likely N-dealkylation sites (tertiary alicyclic amines) is 1. The number of nitrogens with one attached hydrogen (secondary N) is 1. The van der Waals surface area contributed by atoms with E-state index in [1.165, 1.54) is 18.4 Å². The number of Topliss-reactive ketones (excluding diaryl/α,β-unsaturated/α-hetero) is 1. The highest BCUT2D eigenvalue weighted by Gasteiger charge is 2.23. The summed E-state index contributed by atoms with van der Waals surface area (Å²) in [6, 6.07) is 18.0. The van der Waals surface area contributed by atoms with Crippen LogP contribution < -0.4 is 10.1 Å². The van der Waals surface area contributed by atoms with Crippen LogP contribution in [0.2, 0.25) is 0 Å². The number of carbonyl (C=O) groups excluding carboxylic acids is 1. The maximum Gasteiger partial charge on any atom is 0.176 e. The van der Waals surface area contributed by atoms with Crippen LogP contribution in [0.15, 0.2) is 54.6 Å². The molecule has 1 saturated heterocycles. The van der Waals surface area contributed by atoms with Gasteiger partial charge in [0.2, 0.25) is 0 Å². The Balaban J connectivity index is 1.62. The third-order valence-corrected chi connectivity index (χ3v) is 4.80. The predicted molar refractivity (Wildman–Crippen MR) is 100 cm³/mol. The number of hydrogen-bond acceptors (Lipinski definition) is 4. The number of nitrogens with zero attached hydrogens (tertiary/aromatic N) is 1. The van der Waals surface area contributed by atoms with Gasteiger partial charge in [0.15, 0.2) is 5.78 Å². The zero-order valence-corrected chi connectivity index (χ0v) is 14.8. The number of hydrogen-bond donors (Lipinski definition) is 1. The van der Waals surface area contributed by atoms with Crippen molar-refractivity contribution in [2.24, 2.45) is 0 Å². The molecule has 132 valence electrons. The fraction of sp³-hybridized carbons (Fsp3) is 0.381. The van der Waals surface area contributed by atoms with Gasteiger partial charge in [-0.15, -0.1) is 0 Å². The second kappa shape index (κ2) is 8.79. The molecule has 0 saturated carbocycles. The molecular formula is C21H26N2O2. The van der Waals surface area contributed by atoms with Gasteiger partial charge in [-0.2, -0.15) is 0 Å². The first-order chi connectivity index (χ1) is 12.3. The predicted octanol–water partition coefficient (Wildman–Crippen LogP) is 3.30. The SMILES string of the molecule is COc1ccc(C(CNCC(=O)c2ccccc2)N2CCCC2)cc1. The van der Waals surface area contributed by atoms with Gasteiger partial charge >= 0.3 is 0 Å². The van der Waals surface area contributed by atoms with E-state index in [1.807, 2.05) is 42.5 Å². The molecule has 1 N–H and O–H groups in total. The van der Waals surface area contributed by atoms with Gasteiger partial charge in [0.1, 0.15) is 5.75 Å². The van der Waals surface area contributed by atoms with E-state index >= 15 is 0 Å². The smallest absolute Gasteiger partial charge is 0.176 e. The Morgan fingerprint density at radius 2 is 1.76 bits per heavy atom. The second-order valence-electron chi connectivity index (χ2n) is 6.45. The molecule has 0 amide bonds. The average molecular weight is 338 g/mol. The highest BCUT2D eigenvalue weighted by Crippen LogP contribution is 2.26. The number of rotatable bonds is 8. The number of ether oxygens (including phenoxy) is 1. The van der Waals surface area contributed by atoms with Crippen molar-refractivity contribution >= 4 is 5.78 Å². The molecule has 0 bridgehead atoms. The lowest BCUT2D eigenvalue weighted by Gasteiger charge is -2.28. The Kier molecular flexibility index (Phi) is 6.20. The van der Waals surface area contributed by atoms with Gasteiger partial charge in [0.05, 0.1) is 13.7 Å². The Labute approximate surface area is 149 Å². The lowest BCUT2D eigenvalue weighted by atomic mass is 10.0. The van der Waals surface area contributed by atoms with E-state index in [1.54, 1.807) is 7.11 Å². The van der Waals surface area contributed by atoms with Gasteiger partial charge in [0.25, 0.3) is 0 Å². The van der Waals surface area contributed by atoms with E-state index in [4.69, 9.17) is 4.74 Å². The first-order valence-corrected chi connectivity index (χ1v) is 8.95. The molecule has 0 aliphatic carbocycles. The largest absolute Gasteiger partial charge is 0.497 e. The van der Waals surface area contributed by atoms with E-state index in [-0.39, 0.29) is 11.8 Å². The van der Waals surface area contributed by atoms with Crippen LogP contribution in [0.3, 0.4) is 0 Å². The van der Waals surface area contributed by atoms with Crippen molar-refractivity contribution in [1.29, 1.82) is 0 Å². The molecule has 0 radical (unpaired) electrons. The highest BCUT2D eigenvalue weighted by atomic mass is 16.5. The van der Waals surface area contributed by atoms with E-state index < -0.39 is 0 Å². The Morgan fingerprint density at radius 3 is 2.40 bits per heavy atom. The van der Waals surface area contributed by atoms with Crippen LogP contribution in [0, 0.1) is 0 Å². The number of ketones is 1. The standard InChI is InChI=1S/C21H26N2O2/c1-25-19-11-9-17(10-12-19)20(23-13-5-6-14-23)15-22-16-21(24)18-7-3-2-4-8-18/h2-4,7-12,20,22H,5-6,13-16H2,1H3. The summed E-state index contributed by atoms with van der Waals surface area (Å²) in [7, 11) is 1.68. The molecule has 0 aromatic heterocycles. The third kappa shape index (κ3) is 4.68. The highest BCUT2D eigenvalue weighted by molar-refractivity contribution is 5.97. The van der Waals surface area contributed by atoms with Crippen molar-refractivity contribution in [2.75, 3.05) is 33.3 Å². The van der Waals surface area contributed by atoms with Gasteiger partial charge in [-0.3, -0.25) is 9.69 Å². The van der Waals surface area contributed by atoms with Crippen molar-refractivity contribution in [2.45, 2.75) is 18.9 Å². The molecule has 4 nitrogen and oxygen atoms in total. The molecule has 4 heteroatoms. The topological polar surface area (TPSA) is 41.6 Å². The molecule has 1 heterocycles. The third-order valence-electron chi connectivity index (χ3n) is 4.80. The van der Waals surface area contributed by atoms with Crippen molar-refractivity contribution < 1.29 is 9.53 Å². The molecule has 1 aliphatic heterocycles. The quantitative estimate of drug-likeness (QED) is 0.750. The first kappa shape index (κ1) is 17.6. The minimum atomic E-state index is 0.135. The van der Waals surface area contributed by atoms with Gasteiger partial charge in [-0.25, -0.2) is 0 Å². The van der Waals surface area contributed by atoms with Gasteiger partial charge in [-0.1, -0.05) is 42.5 Å². The summed E-state index contributed by atoms with van der Waals surface area (Å²) in [5.41, 5.74) is 2.03. The lowest BCUT2D eigenvalue weighted by molar-refractivity contribution is 0.0987. The van der Waals surface area contributed by atoms with Crippen molar-refractivity contribution in [3.05, 3.63) is 65.7 Å². The maximum absolute atomic E-state index is 12.3. The summed E-state index contributed by atoms with van der Waals surface area (Å²) in [6.45, 7) is 3.37. The van der Waals surface area contributed by atoms with Gasteiger partial charge < -0.3 is 10.1 Å². The normalized spacial score (nSPS) is 15.9. The van der Waals surface area contributed by atoms with Crippen LogP contribution in [0.4, 0.5) is 0 Å². The number of methoxy groups -OCH3 is 1. The van der Waals surface area contributed by atoms with Gasteiger partial charge in [-0.05, 0) is 43.6 Å². The number of benzene rings is 2. The average Bonchev–Trinajstić information content (AvgIpc) is 3.20. The molecule has 1 atom stereocenters. The van der Waals surface area contributed by atoms with Crippen LogP contribution in [-0.4, -0.2) is 44.0 Å². The molecule has 1 aliphatic rings. The fourth-order valence-corrected chi connectivity index (χ4v) is 3.39. The van der Waals surface area contributed by atoms with Crippen LogP contribution in [0.25, 0.3) is 0 Å². The van der Waals surface area contributed by atoms with E-state index in [2.05, 4.69) is 22.3 Å². The summed E-state index contributed by atoms with van der Waals surface area (Å²) in [6.07, 6.45) is 2.49. The molecule has 0 spiro atoms. The molecule has 25 heavy (non-hydrogen) atoms. The monoisotopic (exact) mass is 338 g/mol. The zero-order valence-electron chi connectivity index (χ0n) is 14.8. The summed E-state index contributed by atoms with van der Waals surface area (Å²) >= 11 is 0. The van der Waals surface area contributed by atoms with Gasteiger partial charge in [0, 0.05) is 18.2 Å². The Hall–Kier alpha value is -2.17. The first-order valence-electron chi connectivity index (χ1n) is 8.95. The van der Waals surface area contributed by atoms with Crippen LogP contribution in [0.5, 0.6) is 5.75 Å². The Morgan fingerprint density at radius 1 is 1.08 bits per heavy atom. The van der Waals surface area contributed by atoms with Crippen molar-refractivity contribution in [1.82, 2.24) is 10.2 Å².